The van der Waals surface area contributed by atoms with Gasteiger partial charge in [0.05, 0.1) is 25.9 Å². The average Bonchev–Trinajstić information content (AvgIpc) is 2.61. The molecule has 1 rings (SSSR count). The molecule has 154 valence electrons. The van der Waals surface area contributed by atoms with Crippen molar-refractivity contribution in [2.45, 2.75) is 84.4 Å². The highest BCUT2D eigenvalue weighted by atomic mass is 28.4. The van der Waals surface area contributed by atoms with E-state index in [0.717, 1.165) is 24.0 Å². The standard InChI is InChI=1S/C22H38O4Si/c1-9-20(25-16-18-10-12-19(24-6)13-11-18)17(2)21(14-15-23)26-27(7,8)22(3,4)5/h10-13,15,17,20-21H,9,14,16H2,1-8H3/t17-,20+,21+/m0/s1. The van der Waals surface area contributed by atoms with Gasteiger partial charge < -0.3 is 18.7 Å². The van der Waals surface area contributed by atoms with Crippen LogP contribution in [0.4, 0.5) is 0 Å². The molecule has 0 bridgehead atoms. The first-order valence-electron chi connectivity index (χ1n) is 9.91. The van der Waals surface area contributed by atoms with E-state index in [9.17, 15) is 4.79 Å². The Kier molecular flexibility index (Phi) is 9.19. The smallest absolute Gasteiger partial charge is 0.192 e. The number of aldehydes is 1. The SMILES string of the molecule is CC[C@@H](OCc1ccc(OC)cc1)[C@H](C)[C@@H](CC=O)O[Si](C)(C)C(C)(C)C. The molecular weight excluding hydrogens is 356 g/mol. The Morgan fingerprint density at radius 2 is 1.70 bits per heavy atom. The number of ether oxygens (including phenoxy) is 2. The van der Waals surface area contributed by atoms with E-state index in [4.69, 9.17) is 13.9 Å². The summed E-state index contributed by atoms with van der Waals surface area (Å²) in [5.74, 6) is 0.987. The highest BCUT2D eigenvalue weighted by Crippen LogP contribution is 2.39. The van der Waals surface area contributed by atoms with Crippen LogP contribution in [-0.4, -0.2) is 33.9 Å². The summed E-state index contributed by atoms with van der Waals surface area (Å²) >= 11 is 0. The fraction of sp³-hybridized carbons (Fsp3) is 0.682. The second-order valence-corrected chi connectivity index (χ2v) is 13.5. The summed E-state index contributed by atoms with van der Waals surface area (Å²) in [6.45, 7) is 15.9. The van der Waals surface area contributed by atoms with Gasteiger partial charge in [0.15, 0.2) is 8.32 Å². The minimum atomic E-state index is -1.95. The van der Waals surface area contributed by atoms with E-state index in [0.29, 0.717) is 13.0 Å². The summed E-state index contributed by atoms with van der Waals surface area (Å²) in [5, 5.41) is 0.111. The van der Waals surface area contributed by atoms with Crippen molar-refractivity contribution in [3.8, 4) is 5.75 Å². The number of hydrogen-bond donors (Lipinski definition) is 0. The molecule has 0 aliphatic rings. The van der Waals surface area contributed by atoms with Gasteiger partial charge in [-0.05, 0) is 42.2 Å². The third-order valence-electron chi connectivity index (χ3n) is 5.78. The Hall–Kier alpha value is -1.17. The summed E-state index contributed by atoms with van der Waals surface area (Å²) in [6, 6.07) is 7.92. The molecule has 0 aromatic heterocycles. The number of methoxy groups -OCH3 is 1. The Balaban J connectivity index is 2.80. The van der Waals surface area contributed by atoms with Crippen LogP contribution in [-0.2, 0) is 20.6 Å². The van der Waals surface area contributed by atoms with Crippen LogP contribution in [0.5, 0.6) is 5.75 Å². The Labute approximate surface area is 166 Å². The molecule has 0 saturated carbocycles. The van der Waals surface area contributed by atoms with Crippen LogP contribution < -0.4 is 4.74 Å². The van der Waals surface area contributed by atoms with Crippen molar-refractivity contribution in [2.75, 3.05) is 7.11 Å². The molecule has 5 heteroatoms. The van der Waals surface area contributed by atoms with E-state index >= 15 is 0 Å². The van der Waals surface area contributed by atoms with E-state index in [1.807, 2.05) is 24.3 Å². The van der Waals surface area contributed by atoms with Crippen LogP contribution >= 0.6 is 0 Å². The maximum Gasteiger partial charge on any atom is 0.192 e. The third kappa shape index (κ3) is 7.05. The van der Waals surface area contributed by atoms with Crippen molar-refractivity contribution in [1.29, 1.82) is 0 Å². The number of carbonyl (C=O) groups excluding carboxylic acids is 1. The second-order valence-electron chi connectivity index (χ2n) is 8.78. The Morgan fingerprint density at radius 3 is 2.15 bits per heavy atom. The van der Waals surface area contributed by atoms with E-state index in [-0.39, 0.29) is 23.2 Å². The van der Waals surface area contributed by atoms with Crippen molar-refractivity contribution < 1.29 is 18.7 Å². The van der Waals surface area contributed by atoms with E-state index in [2.05, 4.69) is 47.7 Å². The maximum atomic E-state index is 11.3. The Bertz CT molecular complexity index is 563. The highest BCUT2D eigenvalue weighted by Gasteiger charge is 2.41. The van der Waals surface area contributed by atoms with Crippen molar-refractivity contribution in [3.05, 3.63) is 29.8 Å². The van der Waals surface area contributed by atoms with Gasteiger partial charge in [0.2, 0.25) is 0 Å². The molecule has 0 unspecified atom stereocenters. The van der Waals surface area contributed by atoms with Gasteiger partial charge in [0.1, 0.15) is 12.0 Å². The first-order valence-corrected chi connectivity index (χ1v) is 12.8. The molecule has 4 nitrogen and oxygen atoms in total. The predicted octanol–water partition coefficient (Wildman–Crippen LogP) is 5.61. The zero-order chi connectivity index (χ0) is 20.7. The fourth-order valence-electron chi connectivity index (χ4n) is 2.83. The number of hydrogen-bond acceptors (Lipinski definition) is 4. The maximum absolute atomic E-state index is 11.3. The lowest BCUT2D eigenvalue weighted by atomic mass is 9.94. The minimum Gasteiger partial charge on any atom is -0.497 e. The lowest BCUT2D eigenvalue weighted by Gasteiger charge is -2.41. The zero-order valence-electron chi connectivity index (χ0n) is 18.4. The molecule has 0 heterocycles. The largest absolute Gasteiger partial charge is 0.497 e. The van der Waals surface area contributed by atoms with Gasteiger partial charge >= 0.3 is 0 Å². The van der Waals surface area contributed by atoms with Gasteiger partial charge in [0.25, 0.3) is 0 Å². The van der Waals surface area contributed by atoms with Gasteiger partial charge in [0, 0.05) is 12.3 Å². The monoisotopic (exact) mass is 394 g/mol. The van der Waals surface area contributed by atoms with Crippen LogP contribution in [0.15, 0.2) is 24.3 Å². The van der Waals surface area contributed by atoms with Gasteiger partial charge in [-0.2, -0.15) is 0 Å². The van der Waals surface area contributed by atoms with Gasteiger partial charge in [-0.1, -0.05) is 46.8 Å². The molecule has 0 N–H and O–H groups in total. The van der Waals surface area contributed by atoms with E-state index in [1.165, 1.54) is 0 Å². The quantitative estimate of drug-likeness (QED) is 0.362. The molecule has 3 atom stereocenters. The molecule has 0 saturated heterocycles. The van der Waals surface area contributed by atoms with Crippen molar-refractivity contribution in [1.82, 2.24) is 0 Å². The normalized spacial score (nSPS) is 15.9. The molecule has 0 radical (unpaired) electrons. The first kappa shape index (κ1) is 23.9. The van der Waals surface area contributed by atoms with Gasteiger partial charge in [-0.3, -0.25) is 0 Å². The van der Waals surface area contributed by atoms with Crippen LogP contribution in [0.2, 0.25) is 18.1 Å². The molecule has 27 heavy (non-hydrogen) atoms. The third-order valence-corrected chi connectivity index (χ3v) is 10.3. The lowest BCUT2D eigenvalue weighted by Crippen LogP contribution is -2.47. The van der Waals surface area contributed by atoms with Crippen LogP contribution in [0.3, 0.4) is 0 Å². The summed E-state index contributed by atoms with van der Waals surface area (Å²) in [6.07, 6.45) is 2.21. The zero-order valence-corrected chi connectivity index (χ0v) is 19.4. The summed E-state index contributed by atoms with van der Waals surface area (Å²) in [4.78, 5) is 11.3. The van der Waals surface area contributed by atoms with Crippen molar-refractivity contribution in [2.24, 2.45) is 5.92 Å². The van der Waals surface area contributed by atoms with Crippen molar-refractivity contribution in [3.63, 3.8) is 0 Å². The van der Waals surface area contributed by atoms with Gasteiger partial charge in [-0.25, -0.2) is 0 Å². The number of carbonyl (C=O) groups is 1. The van der Waals surface area contributed by atoms with Gasteiger partial charge in [-0.15, -0.1) is 0 Å². The average molecular weight is 395 g/mol. The summed E-state index contributed by atoms with van der Waals surface area (Å²) < 4.78 is 18.0. The van der Waals surface area contributed by atoms with Crippen LogP contribution in [0.1, 0.15) is 53.0 Å². The van der Waals surface area contributed by atoms with E-state index < -0.39 is 8.32 Å². The predicted molar refractivity (Wildman–Crippen MR) is 114 cm³/mol. The topological polar surface area (TPSA) is 44.8 Å². The molecule has 1 aromatic carbocycles. The fourth-order valence-corrected chi connectivity index (χ4v) is 4.25. The first-order chi connectivity index (χ1) is 12.6. The lowest BCUT2D eigenvalue weighted by molar-refractivity contribution is -0.111. The molecule has 0 fully saturated rings. The Morgan fingerprint density at radius 1 is 1.11 bits per heavy atom. The molecule has 0 spiro atoms. The van der Waals surface area contributed by atoms with Crippen molar-refractivity contribution >= 4 is 14.6 Å². The highest BCUT2D eigenvalue weighted by molar-refractivity contribution is 6.74. The number of rotatable bonds is 11. The van der Waals surface area contributed by atoms with Crippen LogP contribution in [0, 0.1) is 5.92 Å². The number of benzene rings is 1. The molecule has 1 aromatic rings. The summed E-state index contributed by atoms with van der Waals surface area (Å²) in [5.41, 5.74) is 1.11. The molecule has 0 amide bonds. The van der Waals surface area contributed by atoms with E-state index in [1.54, 1.807) is 7.11 Å². The van der Waals surface area contributed by atoms with Crippen LogP contribution in [0.25, 0.3) is 0 Å². The second kappa shape index (κ2) is 10.4. The molecule has 0 aliphatic heterocycles. The minimum absolute atomic E-state index is 0.0434. The molecular formula is C22H38O4Si. The summed E-state index contributed by atoms with van der Waals surface area (Å²) in [7, 11) is -0.290. The molecule has 0 aliphatic carbocycles.